The van der Waals surface area contributed by atoms with Crippen molar-refractivity contribution in [1.29, 1.82) is 0 Å². The number of aromatic nitrogens is 1. The fraction of sp³-hybridized carbons (Fsp3) is 0.471. The number of carbonyl (C=O) groups is 1. The van der Waals surface area contributed by atoms with Crippen molar-refractivity contribution >= 4 is 22.6 Å². The van der Waals surface area contributed by atoms with E-state index in [2.05, 4.69) is 29.1 Å². The minimum atomic E-state index is -0.121. The summed E-state index contributed by atoms with van der Waals surface area (Å²) in [6.45, 7) is 3.87. The number of aryl methyl sites for hydroxylation is 1. The number of aliphatic hydroxyl groups is 1. The number of nitrogens with zero attached hydrogens (tertiary/aromatic N) is 2. The summed E-state index contributed by atoms with van der Waals surface area (Å²) in [6, 6.07) is 7.91. The number of hydrogen-bond donors (Lipinski definition) is 2. The van der Waals surface area contributed by atoms with Crippen LogP contribution >= 0.6 is 0 Å². The highest BCUT2D eigenvalue weighted by Crippen LogP contribution is 2.23. The van der Waals surface area contributed by atoms with Crippen LogP contribution in [0.4, 0.5) is 10.5 Å². The molecule has 2 aromatic rings. The average molecular weight is 301 g/mol. The van der Waals surface area contributed by atoms with E-state index >= 15 is 0 Å². The van der Waals surface area contributed by atoms with Crippen molar-refractivity contribution in [2.45, 2.75) is 38.8 Å². The quantitative estimate of drug-likeness (QED) is 0.912. The number of rotatable bonds is 4. The van der Waals surface area contributed by atoms with E-state index < -0.39 is 0 Å². The third-order valence-electron chi connectivity index (χ3n) is 4.34. The van der Waals surface area contributed by atoms with Crippen molar-refractivity contribution in [1.82, 2.24) is 9.47 Å². The Morgan fingerprint density at radius 2 is 2.27 bits per heavy atom. The minimum absolute atomic E-state index is 0.0335. The van der Waals surface area contributed by atoms with Crippen LogP contribution in [0.2, 0.25) is 0 Å². The predicted octanol–water partition coefficient (Wildman–Crippen LogP) is 3.04. The average Bonchev–Trinajstić information content (AvgIpc) is 3.14. The molecule has 3 rings (SSSR count). The maximum atomic E-state index is 12.4. The smallest absolute Gasteiger partial charge is 0.322 e. The zero-order valence-corrected chi connectivity index (χ0v) is 13.0. The Morgan fingerprint density at radius 3 is 3.05 bits per heavy atom. The lowest BCUT2D eigenvalue weighted by Crippen LogP contribution is -2.40. The lowest BCUT2D eigenvalue weighted by molar-refractivity contribution is 0.166. The normalized spacial score (nSPS) is 18.1. The highest BCUT2D eigenvalue weighted by atomic mass is 16.3. The van der Waals surface area contributed by atoms with Gasteiger partial charge in [-0.3, -0.25) is 0 Å². The van der Waals surface area contributed by atoms with Gasteiger partial charge in [0.25, 0.3) is 0 Å². The Kier molecular flexibility index (Phi) is 4.34. The molecule has 2 heterocycles. The van der Waals surface area contributed by atoms with Crippen molar-refractivity contribution in [3.63, 3.8) is 0 Å². The van der Waals surface area contributed by atoms with E-state index in [0.717, 1.165) is 37.0 Å². The molecular formula is C17H23N3O2. The Labute approximate surface area is 130 Å². The predicted molar refractivity (Wildman–Crippen MR) is 88.1 cm³/mol. The largest absolute Gasteiger partial charge is 0.394 e. The summed E-state index contributed by atoms with van der Waals surface area (Å²) in [4.78, 5) is 14.1. The number of hydrogen-bond acceptors (Lipinski definition) is 2. The molecule has 0 saturated carbocycles. The molecule has 1 aliphatic rings. The number of aliphatic hydroxyl groups excluding tert-OH is 1. The number of benzene rings is 1. The molecule has 0 spiro atoms. The molecule has 0 unspecified atom stereocenters. The summed E-state index contributed by atoms with van der Waals surface area (Å²) >= 11 is 0. The van der Waals surface area contributed by atoms with Crippen LogP contribution in [0.1, 0.15) is 26.2 Å². The molecule has 22 heavy (non-hydrogen) atoms. The summed E-state index contributed by atoms with van der Waals surface area (Å²) < 4.78 is 2.21. The van der Waals surface area contributed by atoms with E-state index in [1.165, 1.54) is 5.39 Å². The molecule has 1 aromatic carbocycles. The topological polar surface area (TPSA) is 57.5 Å². The molecule has 1 saturated heterocycles. The molecule has 1 aromatic heterocycles. The van der Waals surface area contributed by atoms with Gasteiger partial charge in [-0.25, -0.2) is 4.79 Å². The molecule has 2 N–H and O–H groups in total. The number of urea groups is 1. The molecule has 1 aliphatic heterocycles. The second-order valence-electron chi connectivity index (χ2n) is 5.88. The Morgan fingerprint density at radius 1 is 1.41 bits per heavy atom. The van der Waals surface area contributed by atoms with E-state index in [1.807, 2.05) is 18.2 Å². The fourth-order valence-corrected chi connectivity index (χ4v) is 3.19. The van der Waals surface area contributed by atoms with E-state index in [0.29, 0.717) is 6.54 Å². The number of carbonyl (C=O) groups excluding carboxylic acids is 1. The van der Waals surface area contributed by atoms with Crippen LogP contribution < -0.4 is 5.32 Å². The maximum Gasteiger partial charge on any atom is 0.322 e. The first-order valence-electron chi connectivity index (χ1n) is 8.00. The third kappa shape index (κ3) is 2.81. The van der Waals surface area contributed by atoms with Gasteiger partial charge < -0.3 is 19.9 Å². The standard InChI is InChI=1S/C17H23N3O2/c1-2-8-19-10-7-13-5-6-14(11-16(13)19)18-17(22)20-9-3-4-15(20)12-21/h5-7,10-11,15,21H,2-4,8-9,12H2,1H3,(H,18,22)/t15-/m0/s1. The molecule has 0 radical (unpaired) electrons. The summed E-state index contributed by atoms with van der Waals surface area (Å²) in [5.41, 5.74) is 1.94. The van der Waals surface area contributed by atoms with Crippen LogP contribution in [0, 0.1) is 0 Å². The second kappa shape index (κ2) is 6.40. The van der Waals surface area contributed by atoms with E-state index in [4.69, 9.17) is 0 Å². The highest BCUT2D eigenvalue weighted by Gasteiger charge is 2.28. The van der Waals surface area contributed by atoms with Gasteiger partial charge in [-0.2, -0.15) is 0 Å². The zero-order chi connectivity index (χ0) is 15.5. The number of amides is 2. The lowest BCUT2D eigenvalue weighted by atomic mass is 10.2. The molecule has 118 valence electrons. The first-order valence-corrected chi connectivity index (χ1v) is 8.00. The monoisotopic (exact) mass is 301 g/mol. The first-order chi connectivity index (χ1) is 10.7. The van der Waals surface area contributed by atoms with E-state index in [1.54, 1.807) is 4.90 Å². The van der Waals surface area contributed by atoms with Gasteiger partial charge in [0, 0.05) is 25.0 Å². The third-order valence-corrected chi connectivity index (χ3v) is 4.34. The Bertz CT molecular complexity index is 665. The number of nitrogens with one attached hydrogen (secondary N) is 1. The van der Waals surface area contributed by atoms with Crippen molar-refractivity contribution in [2.75, 3.05) is 18.5 Å². The Balaban J connectivity index is 1.78. The summed E-state index contributed by atoms with van der Waals surface area (Å²) in [6.07, 6.45) is 4.99. The van der Waals surface area contributed by atoms with Gasteiger partial charge in [-0.1, -0.05) is 13.0 Å². The van der Waals surface area contributed by atoms with Gasteiger partial charge in [0.1, 0.15) is 0 Å². The molecule has 1 fully saturated rings. The van der Waals surface area contributed by atoms with Crippen LogP contribution in [0.25, 0.3) is 10.9 Å². The van der Waals surface area contributed by atoms with E-state index in [9.17, 15) is 9.90 Å². The number of fused-ring (bicyclic) bond motifs is 1. The first kappa shape index (κ1) is 14.9. The van der Waals surface area contributed by atoms with Crippen molar-refractivity contribution in [3.8, 4) is 0 Å². The van der Waals surface area contributed by atoms with Crippen LogP contribution in [-0.4, -0.2) is 39.8 Å². The maximum absolute atomic E-state index is 12.4. The molecule has 5 nitrogen and oxygen atoms in total. The van der Waals surface area contributed by atoms with Crippen LogP contribution in [0.3, 0.4) is 0 Å². The fourth-order valence-electron chi connectivity index (χ4n) is 3.19. The molecular weight excluding hydrogens is 278 g/mol. The molecule has 0 bridgehead atoms. The summed E-state index contributed by atoms with van der Waals surface area (Å²) in [5.74, 6) is 0. The van der Waals surface area contributed by atoms with Gasteiger partial charge >= 0.3 is 6.03 Å². The zero-order valence-electron chi connectivity index (χ0n) is 13.0. The molecule has 5 heteroatoms. The van der Waals surface area contributed by atoms with E-state index in [-0.39, 0.29) is 18.7 Å². The van der Waals surface area contributed by atoms with Crippen molar-refractivity contribution in [3.05, 3.63) is 30.5 Å². The van der Waals surface area contributed by atoms with Gasteiger partial charge in [-0.15, -0.1) is 0 Å². The number of likely N-dealkylation sites (tertiary alicyclic amines) is 1. The van der Waals surface area contributed by atoms with Gasteiger partial charge in [-0.05, 0) is 42.8 Å². The number of anilines is 1. The van der Waals surface area contributed by atoms with Crippen LogP contribution in [0.15, 0.2) is 30.5 Å². The minimum Gasteiger partial charge on any atom is -0.394 e. The van der Waals surface area contributed by atoms with Crippen LogP contribution in [0.5, 0.6) is 0 Å². The van der Waals surface area contributed by atoms with Crippen molar-refractivity contribution in [2.24, 2.45) is 0 Å². The van der Waals surface area contributed by atoms with Crippen molar-refractivity contribution < 1.29 is 9.90 Å². The van der Waals surface area contributed by atoms with Gasteiger partial charge in [0.15, 0.2) is 0 Å². The highest BCUT2D eigenvalue weighted by molar-refractivity contribution is 5.93. The molecule has 1 atom stereocenters. The SMILES string of the molecule is CCCn1ccc2ccc(NC(=O)N3CCC[C@H]3CO)cc21. The van der Waals surface area contributed by atoms with Gasteiger partial charge in [0.2, 0.25) is 0 Å². The van der Waals surface area contributed by atoms with Gasteiger partial charge in [0.05, 0.1) is 18.2 Å². The molecule has 2 amide bonds. The Hall–Kier alpha value is -2.01. The van der Waals surface area contributed by atoms with Crippen LogP contribution in [-0.2, 0) is 6.54 Å². The molecule has 0 aliphatic carbocycles. The second-order valence-corrected chi connectivity index (χ2v) is 5.88. The lowest BCUT2D eigenvalue weighted by Gasteiger charge is -2.23. The summed E-state index contributed by atoms with van der Waals surface area (Å²) in [5, 5.41) is 13.5. The summed E-state index contributed by atoms with van der Waals surface area (Å²) in [7, 11) is 0.